The van der Waals surface area contributed by atoms with E-state index in [4.69, 9.17) is 0 Å². The number of amides is 3. The van der Waals surface area contributed by atoms with Crippen molar-refractivity contribution in [2.45, 2.75) is 13.0 Å². The van der Waals surface area contributed by atoms with Gasteiger partial charge in [-0.3, -0.25) is 14.4 Å². The van der Waals surface area contributed by atoms with Crippen LogP contribution in [0.2, 0.25) is 0 Å². The second-order valence-electron chi connectivity index (χ2n) is 6.42. The van der Waals surface area contributed by atoms with Crippen LogP contribution < -0.4 is 16.0 Å². The third-order valence-electron chi connectivity index (χ3n) is 4.24. The van der Waals surface area contributed by atoms with E-state index in [1.807, 2.05) is 24.3 Å². The average molecular weight is 387 g/mol. The Morgan fingerprint density at radius 1 is 0.690 bits per heavy atom. The molecule has 0 aliphatic rings. The lowest BCUT2D eigenvalue weighted by Gasteiger charge is -2.16. The minimum Gasteiger partial charge on any atom is -0.340 e. The molecule has 3 aromatic rings. The number of para-hydroxylation sites is 2. The van der Waals surface area contributed by atoms with Crippen molar-refractivity contribution < 1.29 is 14.4 Å². The summed E-state index contributed by atoms with van der Waals surface area (Å²) >= 11 is 0. The molecular weight excluding hydrogens is 366 g/mol. The third-order valence-corrected chi connectivity index (χ3v) is 4.24. The summed E-state index contributed by atoms with van der Waals surface area (Å²) in [6, 6.07) is 23.6. The number of hydrogen-bond donors (Lipinski definition) is 3. The highest BCUT2D eigenvalue weighted by molar-refractivity contribution is 6.09. The summed E-state index contributed by atoms with van der Waals surface area (Å²) in [5.74, 6) is -1.11. The fourth-order valence-corrected chi connectivity index (χ4v) is 2.69. The first kappa shape index (κ1) is 19.8. The Kier molecular flexibility index (Phi) is 6.37. The molecule has 146 valence electrons. The van der Waals surface area contributed by atoms with Crippen molar-refractivity contribution in [3.05, 3.63) is 96.1 Å². The number of nitrogens with one attached hydrogen (secondary N) is 3. The molecule has 0 spiro atoms. The lowest BCUT2D eigenvalue weighted by molar-refractivity contribution is -0.117. The standard InChI is InChI=1S/C23H21N3O3/c1-16(21(27)25-18-12-6-3-7-13-18)24-23(29)19-14-8-9-15-20(19)26-22(28)17-10-4-2-5-11-17/h2-16H,1H3,(H,24,29)(H,25,27)(H,26,28)/t16-/m1/s1. The van der Waals surface area contributed by atoms with Crippen molar-refractivity contribution in [3.63, 3.8) is 0 Å². The largest absolute Gasteiger partial charge is 0.340 e. The highest BCUT2D eigenvalue weighted by atomic mass is 16.2. The molecule has 0 unspecified atom stereocenters. The van der Waals surface area contributed by atoms with Crippen molar-refractivity contribution in [1.82, 2.24) is 5.32 Å². The van der Waals surface area contributed by atoms with Gasteiger partial charge < -0.3 is 16.0 Å². The quantitative estimate of drug-likeness (QED) is 0.603. The molecule has 0 radical (unpaired) electrons. The van der Waals surface area contributed by atoms with Crippen molar-refractivity contribution >= 4 is 29.1 Å². The summed E-state index contributed by atoms with van der Waals surface area (Å²) in [4.78, 5) is 37.5. The summed E-state index contributed by atoms with van der Waals surface area (Å²) in [7, 11) is 0. The Morgan fingerprint density at radius 3 is 1.97 bits per heavy atom. The van der Waals surface area contributed by atoms with Crippen molar-refractivity contribution in [3.8, 4) is 0 Å². The van der Waals surface area contributed by atoms with E-state index in [1.165, 1.54) is 0 Å². The Bertz CT molecular complexity index is 1000. The predicted molar refractivity (Wildman–Crippen MR) is 113 cm³/mol. The monoisotopic (exact) mass is 387 g/mol. The molecule has 0 heterocycles. The first-order valence-corrected chi connectivity index (χ1v) is 9.17. The highest BCUT2D eigenvalue weighted by Crippen LogP contribution is 2.17. The van der Waals surface area contributed by atoms with E-state index in [0.29, 0.717) is 16.9 Å². The number of rotatable bonds is 6. The second-order valence-corrected chi connectivity index (χ2v) is 6.42. The second kappa shape index (κ2) is 9.32. The maximum atomic E-state index is 12.7. The average Bonchev–Trinajstić information content (AvgIpc) is 2.75. The fraction of sp³-hybridized carbons (Fsp3) is 0.0870. The van der Waals surface area contributed by atoms with Crippen LogP contribution in [-0.2, 0) is 4.79 Å². The van der Waals surface area contributed by atoms with Crippen LogP contribution in [0, 0.1) is 0 Å². The van der Waals surface area contributed by atoms with Gasteiger partial charge in [0, 0.05) is 11.3 Å². The van der Waals surface area contributed by atoms with Gasteiger partial charge in [-0.15, -0.1) is 0 Å². The normalized spacial score (nSPS) is 11.2. The molecular formula is C23H21N3O3. The van der Waals surface area contributed by atoms with Crippen LogP contribution >= 0.6 is 0 Å². The van der Waals surface area contributed by atoms with Crippen molar-refractivity contribution in [2.75, 3.05) is 10.6 Å². The predicted octanol–water partition coefficient (Wildman–Crippen LogP) is 3.70. The molecule has 0 saturated heterocycles. The van der Waals surface area contributed by atoms with E-state index in [1.54, 1.807) is 67.6 Å². The van der Waals surface area contributed by atoms with E-state index in [9.17, 15) is 14.4 Å². The summed E-state index contributed by atoms with van der Waals surface area (Å²) in [5.41, 5.74) is 1.78. The molecule has 3 rings (SSSR count). The van der Waals surface area contributed by atoms with Crippen LogP contribution in [0.15, 0.2) is 84.9 Å². The molecule has 3 aromatic carbocycles. The van der Waals surface area contributed by atoms with E-state index in [-0.39, 0.29) is 17.4 Å². The molecule has 0 saturated carbocycles. The zero-order valence-electron chi connectivity index (χ0n) is 15.9. The van der Waals surface area contributed by atoms with Gasteiger partial charge in [0.2, 0.25) is 5.91 Å². The van der Waals surface area contributed by atoms with Gasteiger partial charge in [0.25, 0.3) is 11.8 Å². The first-order chi connectivity index (χ1) is 14.0. The van der Waals surface area contributed by atoms with E-state index >= 15 is 0 Å². The minimum atomic E-state index is -0.763. The van der Waals surface area contributed by atoms with Gasteiger partial charge in [-0.05, 0) is 43.3 Å². The maximum absolute atomic E-state index is 12.7. The molecule has 3 amide bonds. The SMILES string of the molecule is C[C@@H](NC(=O)c1ccccc1NC(=O)c1ccccc1)C(=O)Nc1ccccc1. The molecule has 0 aromatic heterocycles. The molecule has 0 bridgehead atoms. The summed E-state index contributed by atoms with van der Waals surface area (Å²) < 4.78 is 0. The summed E-state index contributed by atoms with van der Waals surface area (Å²) in [6.07, 6.45) is 0. The smallest absolute Gasteiger partial charge is 0.255 e. The van der Waals surface area contributed by atoms with Crippen molar-refractivity contribution in [1.29, 1.82) is 0 Å². The summed E-state index contributed by atoms with van der Waals surface area (Å²) in [5, 5.41) is 8.16. The number of benzene rings is 3. The fourth-order valence-electron chi connectivity index (χ4n) is 2.69. The third kappa shape index (κ3) is 5.29. The lowest BCUT2D eigenvalue weighted by atomic mass is 10.1. The number of anilines is 2. The van der Waals surface area contributed by atoms with Gasteiger partial charge in [-0.1, -0.05) is 48.5 Å². The molecule has 29 heavy (non-hydrogen) atoms. The van der Waals surface area contributed by atoms with Gasteiger partial charge >= 0.3 is 0 Å². The van der Waals surface area contributed by atoms with Gasteiger partial charge in [0.05, 0.1) is 11.3 Å². The van der Waals surface area contributed by atoms with Gasteiger partial charge in [0.15, 0.2) is 0 Å². The van der Waals surface area contributed by atoms with Crippen LogP contribution in [0.3, 0.4) is 0 Å². The van der Waals surface area contributed by atoms with Gasteiger partial charge in [-0.25, -0.2) is 0 Å². The minimum absolute atomic E-state index is 0.274. The maximum Gasteiger partial charge on any atom is 0.255 e. The van der Waals surface area contributed by atoms with Crippen LogP contribution in [0.4, 0.5) is 11.4 Å². The molecule has 3 N–H and O–H groups in total. The van der Waals surface area contributed by atoms with Crippen molar-refractivity contribution in [2.24, 2.45) is 0 Å². The number of carbonyl (C=O) groups excluding carboxylic acids is 3. The van der Waals surface area contributed by atoms with Gasteiger partial charge in [0.1, 0.15) is 6.04 Å². The van der Waals surface area contributed by atoms with Crippen LogP contribution in [-0.4, -0.2) is 23.8 Å². The Balaban J connectivity index is 1.68. The molecule has 6 heteroatoms. The Morgan fingerprint density at radius 2 is 1.28 bits per heavy atom. The first-order valence-electron chi connectivity index (χ1n) is 9.17. The Labute approximate surface area is 169 Å². The van der Waals surface area contributed by atoms with E-state index in [2.05, 4.69) is 16.0 Å². The van der Waals surface area contributed by atoms with Crippen LogP contribution in [0.1, 0.15) is 27.6 Å². The Hall–Kier alpha value is -3.93. The van der Waals surface area contributed by atoms with Crippen LogP contribution in [0.5, 0.6) is 0 Å². The molecule has 0 aliphatic heterocycles. The number of hydrogen-bond acceptors (Lipinski definition) is 3. The molecule has 0 fully saturated rings. The zero-order valence-corrected chi connectivity index (χ0v) is 15.9. The molecule has 1 atom stereocenters. The molecule has 6 nitrogen and oxygen atoms in total. The van der Waals surface area contributed by atoms with Gasteiger partial charge in [-0.2, -0.15) is 0 Å². The summed E-state index contributed by atoms with van der Waals surface area (Å²) in [6.45, 7) is 1.60. The highest BCUT2D eigenvalue weighted by Gasteiger charge is 2.19. The number of carbonyl (C=O) groups is 3. The van der Waals surface area contributed by atoms with E-state index < -0.39 is 11.9 Å². The molecule has 0 aliphatic carbocycles. The zero-order chi connectivity index (χ0) is 20.6. The van der Waals surface area contributed by atoms with E-state index in [0.717, 1.165) is 0 Å². The lowest BCUT2D eigenvalue weighted by Crippen LogP contribution is -2.41. The topological polar surface area (TPSA) is 87.3 Å². The van der Waals surface area contributed by atoms with Crippen LogP contribution in [0.25, 0.3) is 0 Å².